The van der Waals surface area contributed by atoms with Crippen molar-refractivity contribution in [3.8, 4) is 0 Å². The summed E-state index contributed by atoms with van der Waals surface area (Å²) in [5.41, 5.74) is 4.27. The van der Waals surface area contributed by atoms with E-state index in [1.165, 1.54) is 17.1 Å². The number of hydrogen-bond donors (Lipinski definition) is 2. The van der Waals surface area contributed by atoms with Crippen LogP contribution in [-0.4, -0.2) is 24.1 Å². The summed E-state index contributed by atoms with van der Waals surface area (Å²) in [7, 11) is 0. The monoisotopic (exact) mass is 388 g/mol. The third kappa shape index (κ3) is 5.43. The van der Waals surface area contributed by atoms with Crippen LogP contribution in [0.5, 0.6) is 0 Å². The van der Waals surface area contributed by atoms with Crippen molar-refractivity contribution in [2.24, 2.45) is 0 Å². The maximum absolute atomic E-state index is 12.3. The fourth-order valence-corrected chi connectivity index (χ4v) is 5.59. The van der Waals surface area contributed by atoms with Crippen LogP contribution in [0.25, 0.3) is 0 Å². The molecule has 2 N–H and O–H groups in total. The lowest BCUT2D eigenvalue weighted by Crippen LogP contribution is -2.28. The van der Waals surface area contributed by atoms with Crippen LogP contribution in [0, 0.1) is 0 Å². The smallest absolute Gasteiger partial charge is 0.319 e. The van der Waals surface area contributed by atoms with Crippen molar-refractivity contribution in [3.05, 3.63) is 65.2 Å². The Morgan fingerprint density at radius 2 is 1.88 bits per heavy atom. The van der Waals surface area contributed by atoms with E-state index in [0.29, 0.717) is 24.3 Å². The van der Waals surface area contributed by atoms with Crippen LogP contribution in [0.15, 0.2) is 48.5 Å². The summed E-state index contributed by atoms with van der Waals surface area (Å²) in [5.74, 6) is 2.38. The van der Waals surface area contributed by atoms with Gasteiger partial charge in [-0.3, -0.25) is 0 Å². The Bertz CT molecular complexity index is 733. The summed E-state index contributed by atoms with van der Waals surface area (Å²) in [4.78, 5) is 12.3. The van der Waals surface area contributed by atoms with Crippen LogP contribution in [0.4, 0.5) is 10.5 Å². The second kappa shape index (κ2) is 9.90. The molecule has 1 fully saturated rings. The van der Waals surface area contributed by atoms with E-state index in [0.717, 1.165) is 16.8 Å². The molecule has 4 nitrogen and oxygen atoms in total. The average molecular weight is 389 g/mol. The van der Waals surface area contributed by atoms with Crippen LogP contribution in [0.1, 0.15) is 28.2 Å². The predicted octanol–water partition coefficient (Wildman–Crippen LogP) is 5.02. The molecule has 1 aliphatic rings. The first-order valence-corrected chi connectivity index (χ1v) is 10.9. The van der Waals surface area contributed by atoms with Crippen molar-refractivity contribution < 1.29 is 9.53 Å². The van der Waals surface area contributed by atoms with Crippen molar-refractivity contribution in [3.63, 3.8) is 0 Å². The normalized spacial score (nSPS) is 14.3. The number of hydrogen-bond acceptors (Lipinski definition) is 4. The minimum atomic E-state index is -0.194. The second-order valence-electron chi connectivity index (χ2n) is 5.91. The van der Waals surface area contributed by atoms with Crippen molar-refractivity contribution in [2.45, 2.75) is 24.7 Å². The zero-order chi connectivity index (χ0) is 18.2. The third-order valence-electron chi connectivity index (χ3n) is 4.06. The lowest BCUT2D eigenvalue weighted by Gasteiger charge is -2.13. The van der Waals surface area contributed by atoms with Gasteiger partial charge in [0.25, 0.3) is 0 Å². The number of thioether (sulfide) groups is 2. The van der Waals surface area contributed by atoms with E-state index in [1.807, 2.05) is 66.8 Å². The predicted molar refractivity (Wildman–Crippen MR) is 112 cm³/mol. The Labute approximate surface area is 163 Å². The number of ether oxygens (including phenoxy) is 1. The summed E-state index contributed by atoms with van der Waals surface area (Å²) < 4.78 is 5.97. The van der Waals surface area contributed by atoms with E-state index < -0.39 is 0 Å². The van der Waals surface area contributed by atoms with Crippen LogP contribution < -0.4 is 10.6 Å². The maximum Gasteiger partial charge on any atom is 0.319 e. The quantitative estimate of drug-likeness (QED) is 0.699. The highest BCUT2D eigenvalue weighted by molar-refractivity contribution is 8.19. The molecular weight excluding hydrogens is 364 g/mol. The molecule has 1 saturated heterocycles. The van der Waals surface area contributed by atoms with Crippen molar-refractivity contribution in [2.75, 3.05) is 23.4 Å². The van der Waals surface area contributed by atoms with Gasteiger partial charge in [-0.15, -0.1) is 23.5 Å². The minimum Gasteiger partial charge on any atom is -0.377 e. The van der Waals surface area contributed by atoms with Gasteiger partial charge in [0.15, 0.2) is 0 Å². The Kier molecular flexibility index (Phi) is 7.29. The van der Waals surface area contributed by atoms with E-state index in [2.05, 4.69) is 22.8 Å². The van der Waals surface area contributed by atoms with Gasteiger partial charge in [-0.05, 0) is 35.7 Å². The molecule has 0 spiro atoms. The number of amides is 2. The van der Waals surface area contributed by atoms with Gasteiger partial charge in [-0.2, -0.15) is 0 Å². The number of anilines is 1. The first kappa shape index (κ1) is 19.1. The second-order valence-corrected chi connectivity index (χ2v) is 8.64. The van der Waals surface area contributed by atoms with Crippen LogP contribution >= 0.6 is 23.5 Å². The number of benzene rings is 2. The molecule has 6 heteroatoms. The minimum absolute atomic E-state index is 0.194. The Morgan fingerprint density at radius 3 is 2.65 bits per heavy atom. The molecule has 0 aliphatic carbocycles. The summed E-state index contributed by atoms with van der Waals surface area (Å²) in [5, 5.41) is 5.88. The Hall–Kier alpha value is -1.63. The third-order valence-corrected chi connectivity index (χ3v) is 7.16. The zero-order valence-corrected chi connectivity index (χ0v) is 16.5. The number of carbonyl (C=O) groups excluding carboxylic acids is 1. The number of carbonyl (C=O) groups is 1. The standard InChI is InChI=1S/C20H24N2O2S2/c1-2-24-14-17-7-4-3-6-16(17)13-21-20(23)22-18-9-5-8-15(12-18)19-25-10-11-26-19/h3-9,12,19H,2,10-11,13-14H2,1H3,(H2,21,22,23). The summed E-state index contributed by atoms with van der Waals surface area (Å²) in [6.07, 6.45) is 0. The van der Waals surface area contributed by atoms with Crippen molar-refractivity contribution >= 4 is 35.2 Å². The van der Waals surface area contributed by atoms with E-state index in [9.17, 15) is 4.79 Å². The zero-order valence-electron chi connectivity index (χ0n) is 14.9. The highest BCUT2D eigenvalue weighted by Gasteiger charge is 2.18. The van der Waals surface area contributed by atoms with Gasteiger partial charge >= 0.3 is 6.03 Å². The molecule has 1 heterocycles. The van der Waals surface area contributed by atoms with E-state index in [4.69, 9.17) is 4.74 Å². The molecule has 0 saturated carbocycles. The number of urea groups is 1. The van der Waals surface area contributed by atoms with Gasteiger partial charge in [0.2, 0.25) is 0 Å². The molecule has 0 atom stereocenters. The highest BCUT2D eigenvalue weighted by Crippen LogP contribution is 2.45. The van der Waals surface area contributed by atoms with E-state index in [1.54, 1.807) is 0 Å². The van der Waals surface area contributed by atoms with Crippen LogP contribution in [-0.2, 0) is 17.9 Å². The Balaban J connectivity index is 1.55. The molecule has 138 valence electrons. The fraction of sp³-hybridized carbons (Fsp3) is 0.350. The molecular formula is C20H24N2O2S2. The van der Waals surface area contributed by atoms with Crippen molar-refractivity contribution in [1.29, 1.82) is 0 Å². The topological polar surface area (TPSA) is 50.4 Å². The van der Waals surface area contributed by atoms with E-state index >= 15 is 0 Å². The molecule has 0 bridgehead atoms. The lowest BCUT2D eigenvalue weighted by atomic mass is 10.1. The maximum atomic E-state index is 12.3. The molecule has 2 amide bonds. The Morgan fingerprint density at radius 1 is 1.12 bits per heavy atom. The summed E-state index contributed by atoms with van der Waals surface area (Å²) in [6, 6.07) is 15.9. The lowest BCUT2D eigenvalue weighted by molar-refractivity contribution is 0.133. The van der Waals surface area contributed by atoms with Gasteiger partial charge in [0.05, 0.1) is 11.2 Å². The van der Waals surface area contributed by atoms with Crippen LogP contribution in [0.3, 0.4) is 0 Å². The number of rotatable bonds is 7. The van der Waals surface area contributed by atoms with Gasteiger partial charge in [0, 0.05) is 30.3 Å². The summed E-state index contributed by atoms with van der Waals surface area (Å²) in [6.45, 7) is 3.69. The first-order chi connectivity index (χ1) is 12.8. The van der Waals surface area contributed by atoms with Gasteiger partial charge < -0.3 is 15.4 Å². The van der Waals surface area contributed by atoms with E-state index in [-0.39, 0.29) is 6.03 Å². The molecule has 26 heavy (non-hydrogen) atoms. The molecule has 2 aromatic rings. The highest BCUT2D eigenvalue weighted by atomic mass is 32.2. The fourth-order valence-electron chi connectivity index (χ4n) is 2.75. The summed E-state index contributed by atoms with van der Waals surface area (Å²) >= 11 is 3.92. The van der Waals surface area contributed by atoms with Gasteiger partial charge in [0.1, 0.15) is 0 Å². The molecule has 0 unspecified atom stereocenters. The molecule has 3 rings (SSSR count). The van der Waals surface area contributed by atoms with Gasteiger partial charge in [-0.1, -0.05) is 36.4 Å². The molecule has 2 aromatic carbocycles. The molecule has 0 aromatic heterocycles. The molecule has 1 aliphatic heterocycles. The van der Waals surface area contributed by atoms with Gasteiger partial charge in [-0.25, -0.2) is 4.79 Å². The van der Waals surface area contributed by atoms with Crippen molar-refractivity contribution in [1.82, 2.24) is 5.32 Å². The average Bonchev–Trinajstić information content (AvgIpc) is 3.20. The molecule has 0 radical (unpaired) electrons. The first-order valence-electron chi connectivity index (χ1n) is 8.79. The SMILES string of the molecule is CCOCc1ccccc1CNC(=O)Nc1cccc(C2SCCS2)c1. The van der Waals surface area contributed by atoms with Crippen LogP contribution in [0.2, 0.25) is 0 Å². The largest absolute Gasteiger partial charge is 0.377 e. The number of nitrogens with one attached hydrogen (secondary N) is 2.